The second-order valence-corrected chi connectivity index (χ2v) is 7.18. The predicted octanol–water partition coefficient (Wildman–Crippen LogP) is 1.15. The number of nitrogens with zero attached hydrogens (tertiary/aromatic N) is 2. The molecule has 0 unspecified atom stereocenters. The van der Waals surface area contributed by atoms with Crippen LogP contribution in [0.25, 0.3) is 0 Å². The lowest BCUT2D eigenvalue weighted by Crippen LogP contribution is -2.45. The molecule has 1 saturated heterocycles. The molecule has 2 heterocycles. The minimum atomic E-state index is -0.674. The van der Waals surface area contributed by atoms with E-state index in [1.165, 1.54) is 0 Å². The third-order valence-corrected chi connectivity index (χ3v) is 5.51. The number of aliphatic hydroxyl groups excluding tert-OH is 1. The van der Waals surface area contributed by atoms with Crippen LogP contribution < -0.4 is 14.8 Å². The third-order valence-electron chi connectivity index (χ3n) is 5.11. The topological polar surface area (TPSA) is 66.4 Å². The number of nitrogens with one attached hydrogen (secondary N) is 1. The molecule has 0 saturated carbocycles. The van der Waals surface area contributed by atoms with Crippen molar-refractivity contribution in [2.45, 2.75) is 19.1 Å². The van der Waals surface area contributed by atoms with Crippen molar-refractivity contribution in [2.24, 2.45) is 0 Å². The van der Waals surface area contributed by atoms with Crippen LogP contribution in [0.4, 0.5) is 0 Å². The van der Waals surface area contributed by atoms with Gasteiger partial charge in [-0.2, -0.15) is 0 Å². The summed E-state index contributed by atoms with van der Waals surface area (Å²) in [5.74, 6) is 1.42. The number of hydrogen-bond donors (Lipinski definition) is 2. The highest BCUT2D eigenvalue weighted by atomic mass is 32.1. The van der Waals surface area contributed by atoms with Gasteiger partial charge in [-0.05, 0) is 37.3 Å². The number of β-amino-alcohol motifs (C(OH)–C–C–N with tert-alkyl or cyclic N) is 1. The summed E-state index contributed by atoms with van der Waals surface area (Å²) in [5.41, 5.74) is 1.72. The van der Waals surface area contributed by atoms with Crippen molar-refractivity contribution in [3.05, 3.63) is 23.3 Å². The van der Waals surface area contributed by atoms with Gasteiger partial charge in [-0.1, -0.05) is 0 Å². The molecule has 7 nitrogen and oxygen atoms in total. The van der Waals surface area contributed by atoms with E-state index in [1.807, 2.05) is 17.0 Å². The Bertz CT molecular complexity index is 652. The monoisotopic (exact) mass is 395 g/mol. The van der Waals surface area contributed by atoms with Gasteiger partial charge in [0.1, 0.15) is 17.6 Å². The summed E-state index contributed by atoms with van der Waals surface area (Å²) in [6.07, 6.45) is 0.344. The van der Waals surface area contributed by atoms with Crippen LogP contribution in [0.5, 0.6) is 11.5 Å². The summed E-state index contributed by atoms with van der Waals surface area (Å²) in [6.45, 7) is 6.51. The van der Waals surface area contributed by atoms with E-state index in [9.17, 15) is 5.11 Å². The van der Waals surface area contributed by atoms with E-state index >= 15 is 0 Å². The van der Waals surface area contributed by atoms with Gasteiger partial charge in [-0.3, -0.25) is 4.90 Å². The molecule has 8 heteroatoms. The molecule has 150 valence electrons. The molecular weight excluding hydrogens is 366 g/mol. The lowest BCUT2D eigenvalue weighted by Gasteiger charge is -2.35. The number of hydrogen-bond acceptors (Lipinski definition) is 6. The van der Waals surface area contributed by atoms with Crippen LogP contribution in [-0.2, 0) is 11.3 Å². The first-order chi connectivity index (χ1) is 13.1. The minimum Gasteiger partial charge on any atom is -0.496 e. The largest absolute Gasteiger partial charge is 0.496 e. The Morgan fingerprint density at radius 3 is 2.67 bits per heavy atom. The zero-order chi connectivity index (χ0) is 19.2. The van der Waals surface area contributed by atoms with Gasteiger partial charge in [-0.15, -0.1) is 0 Å². The number of morpholine rings is 1. The number of ether oxygens (including phenoxy) is 3. The van der Waals surface area contributed by atoms with Gasteiger partial charge in [0.2, 0.25) is 0 Å². The summed E-state index contributed by atoms with van der Waals surface area (Å²) in [7, 11) is 3.25. The maximum Gasteiger partial charge on any atom is 0.169 e. The number of methoxy groups -OCH3 is 2. The zero-order valence-corrected chi connectivity index (χ0v) is 16.9. The number of benzene rings is 1. The molecule has 2 aliphatic rings. The van der Waals surface area contributed by atoms with E-state index < -0.39 is 6.10 Å². The first-order valence-corrected chi connectivity index (χ1v) is 9.79. The van der Waals surface area contributed by atoms with Crippen molar-refractivity contribution in [2.75, 3.05) is 60.2 Å². The van der Waals surface area contributed by atoms with E-state index in [4.69, 9.17) is 26.4 Å². The highest BCUT2D eigenvalue weighted by molar-refractivity contribution is 7.80. The quantitative estimate of drug-likeness (QED) is 0.549. The molecule has 1 aromatic carbocycles. The molecule has 0 aromatic heterocycles. The summed E-state index contributed by atoms with van der Waals surface area (Å²) < 4.78 is 16.3. The van der Waals surface area contributed by atoms with Gasteiger partial charge in [0, 0.05) is 37.3 Å². The molecule has 1 atom stereocenters. The fourth-order valence-corrected chi connectivity index (χ4v) is 3.91. The number of fused-ring (bicyclic) bond motifs is 1. The van der Waals surface area contributed by atoms with Gasteiger partial charge in [-0.25, -0.2) is 0 Å². The first-order valence-electron chi connectivity index (χ1n) is 9.38. The van der Waals surface area contributed by atoms with E-state index in [1.54, 1.807) is 14.2 Å². The highest BCUT2D eigenvalue weighted by Gasteiger charge is 2.30. The Morgan fingerprint density at radius 1 is 1.26 bits per heavy atom. The maximum absolute atomic E-state index is 10.7. The van der Waals surface area contributed by atoms with E-state index in [-0.39, 0.29) is 0 Å². The van der Waals surface area contributed by atoms with Gasteiger partial charge in [0.05, 0.1) is 34.0 Å². The molecule has 0 radical (unpaired) electrons. The fourth-order valence-electron chi connectivity index (χ4n) is 3.67. The van der Waals surface area contributed by atoms with Crippen LogP contribution in [-0.4, -0.2) is 80.2 Å². The molecule has 0 amide bonds. The van der Waals surface area contributed by atoms with E-state index in [0.29, 0.717) is 24.0 Å². The molecule has 3 rings (SSSR count). The predicted molar refractivity (Wildman–Crippen MR) is 107 cm³/mol. The molecule has 0 spiro atoms. The van der Waals surface area contributed by atoms with E-state index in [2.05, 4.69) is 10.2 Å². The number of aliphatic hydroxyl groups is 1. The molecular formula is C19H29N3O4S. The van der Waals surface area contributed by atoms with Gasteiger partial charge in [0.15, 0.2) is 5.11 Å². The van der Waals surface area contributed by atoms with E-state index in [0.717, 1.165) is 62.7 Å². The zero-order valence-electron chi connectivity index (χ0n) is 16.1. The Hall–Kier alpha value is -1.61. The molecule has 1 fully saturated rings. The van der Waals surface area contributed by atoms with Crippen LogP contribution in [0.2, 0.25) is 0 Å². The molecule has 1 aromatic rings. The van der Waals surface area contributed by atoms with Crippen LogP contribution >= 0.6 is 12.2 Å². The lowest BCUT2D eigenvalue weighted by molar-refractivity contribution is 0.0375. The summed E-state index contributed by atoms with van der Waals surface area (Å²) in [6, 6.07) is 3.70. The highest BCUT2D eigenvalue weighted by Crippen LogP contribution is 2.39. The number of rotatable bonds is 6. The van der Waals surface area contributed by atoms with Crippen molar-refractivity contribution in [3.8, 4) is 11.5 Å². The second-order valence-electron chi connectivity index (χ2n) is 6.80. The molecule has 0 aliphatic carbocycles. The lowest BCUT2D eigenvalue weighted by atomic mass is 9.95. The molecule has 2 aliphatic heterocycles. The van der Waals surface area contributed by atoms with Gasteiger partial charge >= 0.3 is 0 Å². The van der Waals surface area contributed by atoms with Crippen LogP contribution in [0.3, 0.4) is 0 Å². The third kappa shape index (κ3) is 4.82. The Balaban J connectivity index is 1.56. The normalized spacial score (nSPS) is 20.1. The van der Waals surface area contributed by atoms with Crippen molar-refractivity contribution in [1.29, 1.82) is 0 Å². The van der Waals surface area contributed by atoms with Gasteiger partial charge in [0.25, 0.3) is 0 Å². The summed E-state index contributed by atoms with van der Waals surface area (Å²) >= 11 is 5.56. The van der Waals surface area contributed by atoms with Crippen molar-refractivity contribution in [3.63, 3.8) is 0 Å². The average Bonchev–Trinajstić information content (AvgIpc) is 2.70. The second kappa shape index (κ2) is 9.54. The average molecular weight is 396 g/mol. The van der Waals surface area contributed by atoms with Gasteiger partial charge < -0.3 is 29.5 Å². The fraction of sp³-hybridized carbons (Fsp3) is 0.632. The minimum absolute atomic E-state index is 0.436. The first kappa shape index (κ1) is 20.1. The standard InChI is InChI=1S/C19H29N3O4S/c1-24-16-4-5-17(25-2)18-14(16)12-22(13-15(18)23)19(27)20-6-3-7-21-8-10-26-11-9-21/h4-5,15,23H,3,6-13H2,1-2H3,(H,20,27)/t15-/m1/s1. The Labute approximate surface area is 166 Å². The van der Waals surface area contributed by atoms with Crippen molar-refractivity contribution < 1.29 is 19.3 Å². The van der Waals surface area contributed by atoms with Crippen molar-refractivity contribution in [1.82, 2.24) is 15.1 Å². The van der Waals surface area contributed by atoms with Crippen LogP contribution in [0.15, 0.2) is 12.1 Å². The SMILES string of the molecule is COc1ccc(OC)c2c1CN(C(=S)NCCCN1CCOCC1)C[C@H]2O. The van der Waals surface area contributed by atoms with Crippen LogP contribution in [0, 0.1) is 0 Å². The summed E-state index contributed by atoms with van der Waals surface area (Å²) in [4.78, 5) is 4.39. The smallest absolute Gasteiger partial charge is 0.169 e. The Kier molecular flexibility index (Phi) is 7.12. The molecule has 2 N–H and O–H groups in total. The molecule has 0 bridgehead atoms. The maximum atomic E-state index is 10.7. The number of thiocarbonyl (C=S) groups is 1. The molecule has 27 heavy (non-hydrogen) atoms. The van der Waals surface area contributed by atoms with Crippen LogP contribution in [0.1, 0.15) is 23.7 Å². The summed E-state index contributed by atoms with van der Waals surface area (Å²) in [5, 5.41) is 14.7. The Morgan fingerprint density at radius 2 is 1.96 bits per heavy atom. The van der Waals surface area contributed by atoms with Crippen molar-refractivity contribution >= 4 is 17.3 Å².